The molecule has 1 amide bonds. The number of ether oxygens (including phenoxy) is 1. The topological polar surface area (TPSA) is 63.7 Å². The lowest BCUT2D eigenvalue weighted by Crippen LogP contribution is -2.49. The molecule has 0 saturated carbocycles. The molecule has 0 aromatic rings. The lowest BCUT2D eigenvalue weighted by Gasteiger charge is -2.32. The number of nitrogens with zero attached hydrogens (tertiary/aromatic N) is 1. The van der Waals surface area contributed by atoms with Crippen LogP contribution in [0.1, 0.15) is 27.2 Å². The average Bonchev–Trinajstić information content (AvgIpc) is 2.24. The van der Waals surface area contributed by atoms with Gasteiger partial charge in [0.15, 0.2) is 11.6 Å². The second kappa shape index (κ2) is 6.08. The number of alkyl halides is 3. The van der Waals surface area contributed by atoms with Crippen molar-refractivity contribution < 1.29 is 19.1 Å². The minimum Gasteiger partial charge on any atom is -0.444 e. The van der Waals surface area contributed by atoms with E-state index < -0.39 is 33.0 Å². The van der Waals surface area contributed by atoms with Crippen LogP contribution in [0.4, 0.5) is 4.79 Å². The fourth-order valence-corrected chi connectivity index (χ4v) is 2.18. The zero-order valence-electron chi connectivity index (χ0n) is 11.4. The summed E-state index contributed by atoms with van der Waals surface area (Å²) < 4.78 is 3.04. The third-order valence-corrected chi connectivity index (χ3v) is 3.23. The molecule has 1 rings (SSSR count). The van der Waals surface area contributed by atoms with E-state index in [1.54, 1.807) is 20.8 Å². The molecule has 1 aliphatic rings. The monoisotopic (exact) mass is 343 g/mol. The molecule has 1 atom stereocenters. The number of halogens is 3. The summed E-state index contributed by atoms with van der Waals surface area (Å²) >= 11 is 16.5. The van der Waals surface area contributed by atoms with E-state index in [1.165, 1.54) is 4.90 Å². The van der Waals surface area contributed by atoms with Crippen LogP contribution >= 0.6 is 34.8 Å². The Labute approximate surface area is 132 Å². The Bertz CT molecular complexity index is 425. The largest absolute Gasteiger partial charge is 0.444 e. The SMILES string of the molecule is CC(C)(C)OC(=O)N1CCC(C(=O)C(Cl)(Cl)Cl)C(=O)C1. The van der Waals surface area contributed by atoms with Gasteiger partial charge in [0, 0.05) is 6.54 Å². The van der Waals surface area contributed by atoms with Crippen molar-refractivity contribution in [3.05, 3.63) is 0 Å². The molecule has 1 fully saturated rings. The van der Waals surface area contributed by atoms with Gasteiger partial charge in [-0.2, -0.15) is 0 Å². The summed E-state index contributed by atoms with van der Waals surface area (Å²) in [5, 5.41) is 0. The number of hydrogen-bond donors (Lipinski definition) is 0. The molecule has 114 valence electrons. The molecule has 0 aromatic heterocycles. The zero-order valence-corrected chi connectivity index (χ0v) is 13.7. The number of amides is 1. The van der Waals surface area contributed by atoms with Crippen LogP contribution in [0.25, 0.3) is 0 Å². The van der Waals surface area contributed by atoms with Gasteiger partial charge in [-0.3, -0.25) is 9.59 Å². The number of ketones is 2. The first-order chi connectivity index (χ1) is 8.92. The van der Waals surface area contributed by atoms with Crippen molar-refractivity contribution in [2.45, 2.75) is 36.6 Å². The van der Waals surface area contributed by atoms with Crippen LogP contribution in [0.2, 0.25) is 0 Å². The molecule has 1 aliphatic heterocycles. The molecule has 0 spiro atoms. The van der Waals surface area contributed by atoms with Crippen LogP contribution in [-0.2, 0) is 14.3 Å². The van der Waals surface area contributed by atoms with Crippen LogP contribution in [0.5, 0.6) is 0 Å². The summed E-state index contributed by atoms with van der Waals surface area (Å²) in [6, 6.07) is 0. The average molecular weight is 345 g/mol. The molecule has 0 aliphatic carbocycles. The molecular formula is C12H16Cl3NO4. The van der Waals surface area contributed by atoms with Crippen LogP contribution in [-0.4, -0.2) is 45.0 Å². The highest BCUT2D eigenvalue weighted by Gasteiger charge is 2.43. The fraction of sp³-hybridized carbons (Fsp3) is 0.750. The molecular weight excluding hydrogens is 328 g/mol. The number of carbonyl (C=O) groups is 3. The maximum Gasteiger partial charge on any atom is 0.410 e. The predicted molar refractivity (Wildman–Crippen MR) is 76.2 cm³/mol. The summed E-state index contributed by atoms with van der Waals surface area (Å²) in [6.45, 7) is 5.17. The van der Waals surface area contributed by atoms with E-state index in [0.29, 0.717) is 0 Å². The fourth-order valence-electron chi connectivity index (χ4n) is 1.78. The Kier molecular flexibility index (Phi) is 5.33. The van der Waals surface area contributed by atoms with Crippen molar-refractivity contribution in [2.24, 2.45) is 5.92 Å². The maximum absolute atomic E-state index is 11.9. The van der Waals surface area contributed by atoms with Gasteiger partial charge in [0.05, 0.1) is 12.5 Å². The first kappa shape index (κ1) is 17.5. The molecule has 0 N–H and O–H groups in total. The van der Waals surface area contributed by atoms with E-state index in [0.717, 1.165) is 0 Å². The second-order valence-corrected chi connectivity index (χ2v) is 7.85. The molecule has 8 heteroatoms. The third-order valence-electron chi connectivity index (χ3n) is 2.67. The highest BCUT2D eigenvalue weighted by molar-refractivity contribution is 6.76. The maximum atomic E-state index is 11.9. The number of carbonyl (C=O) groups excluding carboxylic acids is 3. The summed E-state index contributed by atoms with van der Waals surface area (Å²) in [4.78, 5) is 36.8. The number of likely N-dealkylation sites (tertiary alicyclic amines) is 1. The Morgan fingerprint density at radius 2 is 1.80 bits per heavy atom. The standard InChI is InChI=1S/C12H16Cl3NO4/c1-11(2,3)20-10(19)16-5-4-7(8(17)6-16)9(18)12(13,14)15/h7H,4-6H2,1-3H3. The quantitative estimate of drug-likeness (QED) is 0.542. The van der Waals surface area contributed by atoms with Crippen LogP contribution in [0.3, 0.4) is 0 Å². The molecule has 0 radical (unpaired) electrons. The van der Waals surface area contributed by atoms with Crippen molar-refractivity contribution in [1.82, 2.24) is 4.90 Å². The Morgan fingerprint density at radius 1 is 1.25 bits per heavy atom. The predicted octanol–water partition coefficient (Wildman–Crippen LogP) is 2.75. The third kappa shape index (κ3) is 4.79. The van der Waals surface area contributed by atoms with E-state index in [-0.39, 0.29) is 19.5 Å². The normalized spacial score (nSPS) is 20.8. The first-order valence-electron chi connectivity index (χ1n) is 6.03. The lowest BCUT2D eigenvalue weighted by atomic mass is 9.92. The summed E-state index contributed by atoms with van der Waals surface area (Å²) in [6.07, 6.45) is -0.462. The van der Waals surface area contributed by atoms with Gasteiger partial charge >= 0.3 is 6.09 Å². The Hall–Kier alpha value is -0.520. The Morgan fingerprint density at radius 3 is 2.20 bits per heavy atom. The van der Waals surface area contributed by atoms with Gasteiger partial charge < -0.3 is 9.64 Å². The Balaban J connectivity index is 2.67. The molecule has 1 unspecified atom stereocenters. The van der Waals surface area contributed by atoms with Crippen molar-refractivity contribution in [3.63, 3.8) is 0 Å². The van der Waals surface area contributed by atoms with Crippen molar-refractivity contribution >= 4 is 52.5 Å². The van der Waals surface area contributed by atoms with Crippen LogP contribution in [0.15, 0.2) is 0 Å². The molecule has 20 heavy (non-hydrogen) atoms. The van der Waals surface area contributed by atoms with E-state index in [9.17, 15) is 14.4 Å². The van der Waals surface area contributed by atoms with Gasteiger partial charge in [0.2, 0.25) is 3.79 Å². The van der Waals surface area contributed by atoms with Gasteiger partial charge in [-0.15, -0.1) is 0 Å². The van der Waals surface area contributed by atoms with Crippen LogP contribution < -0.4 is 0 Å². The lowest BCUT2D eigenvalue weighted by molar-refractivity contribution is -0.135. The number of piperidine rings is 1. The smallest absolute Gasteiger partial charge is 0.410 e. The summed E-state index contributed by atoms with van der Waals surface area (Å²) in [7, 11) is 0. The van der Waals surface area contributed by atoms with Crippen molar-refractivity contribution in [2.75, 3.05) is 13.1 Å². The number of Topliss-reactive ketones (excluding diaryl/α,β-unsaturated/α-hetero) is 2. The first-order valence-corrected chi connectivity index (χ1v) is 7.17. The van der Waals surface area contributed by atoms with Gasteiger partial charge in [-0.1, -0.05) is 34.8 Å². The molecule has 5 nitrogen and oxygen atoms in total. The highest BCUT2D eigenvalue weighted by atomic mass is 35.6. The summed E-state index contributed by atoms with van der Waals surface area (Å²) in [5.74, 6) is -2.18. The van der Waals surface area contributed by atoms with Gasteiger partial charge in [-0.25, -0.2) is 4.79 Å². The zero-order chi connectivity index (χ0) is 15.7. The highest BCUT2D eigenvalue weighted by Crippen LogP contribution is 2.33. The minimum atomic E-state index is -2.12. The summed E-state index contributed by atoms with van der Waals surface area (Å²) in [5.41, 5.74) is -0.648. The van der Waals surface area contributed by atoms with Crippen LogP contribution in [0, 0.1) is 5.92 Å². The molecule has 0 bridgehead atoms. The minimum absolute atomic E-state index is 0.130. The van der Waals surface area contributed by atoms with E-state index in [4.69, 9.17) is 39.5 Å². The number of rotatable bonds is 1. The van der Waals surface area contributed by atoms with Gasteiger partial charge in [0.1, 0.15) is 5.60 Å². The van der Waals surface area contributed by atoms with E-state index in [2.05, 4.69) is 0 Å². The molecule has 1 saturated heterocycles. The number of hydrogen-bond acceptors (Lipinski definition) is 4. The molecule has 1 heterocycles. The van der Waals surface area contributed by atoms with E-state index in [1.807, 2.05) is 0 Å². The van der Waals surface area contributed by atoms with Gasteiger partial charge in [0.25, 0.3) is 0 Å². The second-order valence-electron chi connectivity index (χ2n) is 5.57. The van der Waals surface area contributed by atoms with Crippen molar-refractivity contribution in [1.29, 1.82) is 0 Å². The molecule has 0 aromatic carbocycles. The van der Waals surface area contributed by atoms with Gasteiger partial charge in [-0.05, 0) is 27.2 Å². The van der Waals surface area contributed by atoms with Crippen molar-refractivity contribution in [3.8, 4) is 0 Å². The van der Waals surface area contributed by atoms with E-state index >= 15 is 0 Å².